The first-order valence-corrected chi connectivity index (χ1v) is 4.59. The number of halogens is 2. The summed E-state index contributed by atoms with van der Waals surface area (Å²) in [4.78, 5) is 0. The molecule has 0 aromatic heterocycles. The molecule has 0 radical (unpaired) electrons. The highest BCUT2D eigenvalue weighted by atomic mass is 19.1. The first-order valence-electron chi connectivity index (χ1n) is 4.59. The average molecular weight is 217 g/mol. The highest BCUT2D eigenvalue weighted by molar-refractivity contribution is 5.23. The Labute approximate surface area is 86.8 Å². The van der Waals surface area contributed by atoms with Crippen molar-refractivity contribution in [2.24, 2.45) is 5.73 Å². The maximum Gasteiger partial charge on any atom is 0.129 e. The molecule has 0 saturated heterocycles. The van der Waals surface area contributed by atoms with E-state index in [1.807, 2.05) is 0 Å². The maximum absolute atomic E-state index is 12.7. The molecule has 0 spiro atoms. The zero-order valence-electron chi connectivity index (χ0n) is 8.21. The van der Waals surface area contributed by atoms with E-state index in [-0.39, 0.29) is 12.4 Å². The van der Waals surface area contributed by atoms with E-state index >= 15 is 0 Å². The second-order valence-corrected chi connectivity index (χ2v) is 2.85. The van der Waals surface area contributed by atoms with E-state index in [4.69, 9.17) is 15.2 Å². The van der Waals surface area contributed by atoms with Crippen molar-refractivity contribution in [2.75, 3.05) is 26.4 Å². The van der Waals surface area contributed by atoms with Gasteiger partial charge in [-0.15, -0.1) is 0 Å². The van der Waals surface area contributed by atoms with E-state index in [1.54, 1.807) is 0 Å². The predicted octanol–water partition coefficient (Wildman–Crippen LogP) is 1.32. The van der Waals surface area contributed by atoms with Crippen LogP contribution < -0.4 is 10.5 Å². The minimum absolute atomic E-state index is 0.156. The lowest BCUT2D eigenvalue weighted by Gasteiger charge is -2.06. The van der Waals surface area contributed by atoms with Gasteiger partial charge in [0.2, 0.25) is 0 Å². The minimum Gasteiger partial charge on any atom is -0.491 e. The molecule has 15 heavy (non-hydrogen) atoms. The van der Waals surface area contributed by atoms with Gasteiger partial charge >= 0.3 is 0 Å². The summed E-state index contributed by atoms with van der Waals surface area (Å²) < 4.78 is 35.5. The molecular weight excluding hydrogens is 204 g/mol. The van der Waals surface area contributed by atoms with Crippen molar-refractivity contribution in [3.05, 3.63) is 29.8 Å². The van der Waals surface area contributed by atoms with Crippen molar-refractivity contribution in [1.82, 2.24) is 0 Å². The summed E-state index contributed by atoms with van der Waals surface area (Å²) in [5.74, 6) is -1.16. The van der Waals surface area contributed by atoms with E-state index in [1.165, 1.54) is 0 Å². The Morgan fingerprint density at radius 2 is 1.67 bits per heavy atom. The molecular formula is C10H13F2NO2. The molecule has 0 unspecified atom stereocenters. The van der Waals surface area contributed by atoms with Crippen molar-refractivity contribution in [2.45, 2.75) is 0 Å². The molecule has 1 aromatic carbocycles. The Morgan fingerprint density at radius 1 is 1.00 bits per heavy atom. The second kappa shape index (κ2) is 6.31. The molecule has 0 bridgehead atoms. The molecule has 2 N–H and O–H groups in total. The van der Waals surface area contributed by atoms with Gasteiger partial charge in [-0.2, -0.15) is 0 Å². The van der Waals surface area contributed by atoms with Crippen LogP contribution in [0.1, 0.15) is 0 Å². The summed E-state index contributed by atoms with van der Waals surface area (Å²) >= 11 is 0. The molecule has 0 heterocycles. The molecule has 84 valence electrons. The van der Waals surface area contributed by atoms with E-state index in [0.717, 1.165) is 18.2 Å². The first-order chi connectivity index (χ1) is 7.22. The third-order valence-electron chi connectivity index (χ3n) is 1.59. The van der Waals surface area contributed by atoms with Crippen LogP contribution >= 0.6 is 0 Å². The van der Waals surface area contributed by atoms with Crippen molar-refractivity contribution < 1.29 is 18.3 Å². The van der Waals surface area contributed by atoms with Gasteiger partial charge in [-0.25, -0.2) is 8.78 Å². The summed E-state index contributed by atoms with van der Waals surface area (Å²) in [7, 11) is 0. The topological polar surface area (TPSA) is 44.5 Å². The van der Waals surface area contributed by atoms with Crippen LogP contribution in [0.25, 0.3) is 0 Å². The lowest BCUT2D eigenvalue weighted by molar-refractivity contribution is 0.105. The van der Waals surface area contributed by atoms with Gasteiger partial charge in [0, 0.05) is 24.7 Å². The van der Waals surface area contributed by atoms with Crippen LogP contribution in [0.15, 0.2) is 18.2 Å². The Bertz CT molecular complexity index is 287. The monoisotopic (exact) mass is 217 g/mol. The fourth-order valence-corrected chi connectivity index (χ4v) is 1.02. The fourth-order valence-electron chi connectivity index (χ4n) is 1.02. The molecule has 5 heteroatoms. The van der Waals surface area contributed by atoms with Crippen LogP contribution in [0, 0.1) is 11.6 Å². The number of benzene rings is 1. The number of hydrogen-bond donors (Lipinski definition) is 1. The molecule has 1 rings (SSSR count). The normalized spacial score (nSPS) is 10.3. The Morgan fingerprint density at radius 3 is 2.27 bits per heavy atom. The van der Waals surface area contributed by atoms with Crippen LogP contribution in [0.2, 0.25) is 0 Å². The SMILES string of the molecule is NCCOCCOc1cc(F)cc(F)c1. The highest BCUT2D eigenvalue weighted by Gasteiger charge is 2.00. The van der Waals surface area contributed by atoms with E-state index in [2.05, 4.69) is 0 Å². The van der Waals surface area contributed by atoms with Crippen molar-refractivity contribution in [1.29, 1.82) is 0 Å². The first kappa shape index (κ1) is 11.9. The summed E-state index contributed by atoms with van der Waals surface area (Å²) in [5.41, 5.74) is 5.20. The van der Waals surface area contributed by atoms with Gasteiger partial charge in [-0.3, -0.25) is 0 Å². The maximum atomic E-state index is 12.7. The lowest BCUT2D eigenvalue weighted by Crippen LogP contribution is -2.13. The minimum atomic E-state index is -0.659. The largest absolute Gasteiger partial charge is 0.491 e. The Kier molecular flexibility index (Phi) is 5.00. The van der Waals surface area contributed by atoms with Crippen LogP contribution in [-0.4, -0.2) is 26.4 Å². The summed E-state index contributed by atoms with van der Waals surface area (Å²) in [6, 6.07) is 3.02. The second-order valence-electron chi connectivity index (χ2n) is 2.85. The molecule has 0 amide bonds. The lowest BCUT2D eigenvalue weighted by atomic mass is 10.3. The van der Waals surface area contributed by atoms with Gasteiger partial charge < -0.3 is 15.2 Å². The molecule has 0 aliphatic heterocycles. The highest BCUT2D eigenvalue weighted by Crippen LogP contribution is 2.14. The zero-order valence-corrected chi connectivity index (χ0v) is 8.21. The number of nitrogens with two attached hydrogens (primary N) is 1. The molecule has 1 aromatic rings. The van der Waals surface area contributed by atoms with Gasteiger partial charge in [-0.1, -0.05) is 0 Å². The summed E-state index contributed by atoms with van der Waals surface area (Å²) in [6.45, 7) is 1.47. The van der Waals surface area contributed by atoms with Gasteiger partial charge in [0.15, 0.2) is 0 Å². The quantitative estimate of drug-likeness (QED) is 0.731. The van der Waals surface area contributed by atoms with Crippen LogP contribution in [0.5, 0.6) is 5.75 Å². The average Bonchev–Trinajstić information content (AvgIpc) is 2.16. The summed E-state index contributed by atoms with van der Waals surface area (Å²) in [6.07, 6.45) is 0. The number of ether oxygens (including phenoxy) is 2. The molecule has 0 saturated carbocycles. The number of hydrogen-bond acceptors (Lipinski definition) is 3. The Balaban J connectivity index is 2.31. The standard InChI is InChI=1S/C10H13F2NO2/c11-8-5-9(12)7-10(6-8)15-4-3-14-2-1-13/h5-7H,1-4,13H2. The van der Waals surface area contributed by atoms with Crippen LogP contribution in [-0.2, 0) is 4.74 Å². The zero-order chi connectivity index (χ0) is 11.1. The van der Waals surface area contributed by atoms with Crippen molar-refractivity contribution >= 4 is 0 Å². The van der Waals surface area contributed by atoms with Crippen molar-refractivity contribution in [3.8, 4) is 5.75 Å². The summed E-state index contributed by atoms with van der Waals surface area (Å²) in [5, 5.41) is 0. The molecule has 0 atom stereocenters. The van der Waals surface area contributed by atoms with Crippen LogP contribution in [0.3, 0.4) is 0 Å². The third-order valence-corrected chi connectivity index (χ3v) is 1.59. The van der Waals surface area contributed by atoms with Gasteiger partial charge in [0.25, 0.3) is 0 Å². The molecule has 0 fully saturated rings. The Hall–Kier alpha value is -1.20. The molecule has 0 aliphatic carbocycles. The smallest absolute Gasteiger partial charge is 0.129 e. The predicted molar refractivity (Wildman–Crippen MR) is 51.7 cm³/mol. The fraction of sp³-hybridized carbons (Fsp3) is 0.400. The van der Waals surface area contributed by atoms with E-state index in [9.17, 15) is 8.78 Å². The molecule has 0 aliphatic rings. The van der Waals surface area contributed by atoms with Crippen LogP contribution in [0.4, 0.5) is 8.78 Å². The van der Waals surface area contributed by atoms with E-state index in [0.29, 0.717) is 19.8 Å². The van der Waals surface area contributed by atoms with Gasteiger partial charge in [-0.05, 0) is 0 Å². The molecule has 3 nitrogen and oxygen atoms in total. The third kappa shape index (κ3) is 4.71. The number of rotatable bonds is 6. The van der Waals surface area contributed by atoms with Crippen molar-refractivity contribution in [3.63, 3.8) is 0 Å². The van der Waals surface area contributed by atoms with Gasteiger partial charge in [0.1, 0.15) is 24.0 Å². The van der Waals surface area contributed by atoms with Gasteiger partial charge in [0.05, 0.1) is 13.2 Å². The van der Waals surface area contributed by atoms with E-state index < -0.39 is 11.6 Å².